The summed E-state index contributed by atoms with van der Waals surface area (Å²) in [5.41, 5.74) is 0.568. The van der Waals surface area contributed by atoms with Crippen LogP contribution >= 0.6 is 23.1 Å². The summed E-state index contributed by atoms with van der Waals surface area (Å²) in [6.45, 7) is 1.14. The Morgan fingerprint density at radius 2 is 1.80 bits per heavy atom. The first-order valence-electron chi connectivity index (χ1n) is 9.75. The number of carbonyl (C=O) groups excluding carboxylic acids is 1. The molecule has 3 heterocycles. The predicted molar refractivity (Wildman–Crippen MR) is 120 cm³/mol. The highest BCUT2D eigenvalue weighted by Crippen LogP contribution is 2.28. The Morgan fingerprint density at radius 1 is 1.07 bits per heavy atom. The molecule has 7 nitrogen and oxygen atoms in total. The molecule has 3 aromatic rings. The highest BCUT2D eigenvalue weighted by atomic mass is 32.2. The van der Waals surface area contributed by atoms with Crippen molar-refractivity contribution in [1.82, 2.24) is 14.3 Å². The van der Waals surface area contributed by atoms with Gasteiger partial charge in [0.2, 0.25) is 15.9 Å². The molecule has 30 heavy (non-hydrogen) atoms. The van der Waals surface area contributed by atoms with E-state index in [4.69, 9.17) is 0 Å². The fraction of sp³-hybridized carbons (Fsp3) is 0.350. The fourth-order valence-electron chi connectivity index (χ4n) is 3.35. The van der Waals surface area contributed by atoms with Crippen molar-refractivity contribution < 1.29 is 13.2 Å². The van der Waals surface area contributed by atoms with Crippen molar-refractivity contribution >= 4 is 54.9 Å². The van der Waals surface area contributed by atoms with E-state index in [2.05, 4.69) is 15.3 Å². The number of hydrogen-bond acceptors (Lipinski definition) is 7. The minimum absolute atomic E-state index is 0.176. The van der Waals surface area contributed by atoms with Gasteiger partial charge in [0.1, 0.15) is 16.2 Å². The molecule has 0 radical (unpaired) electrons. The Labute approximate surface area is 184 Å². The van der Waals surface area contributed by atoms with Crippen molar-refractivity contribution in [3.05, 3.63) is 42.0 Å². The molecule has 10 heteroatoms. The van der Waals surface area contributed by atoms with E-state index in [9.17, 15) is 13.2 Å². The van der Waals surface area contributed by atoms with E-state index in [1.54, 1.807) is 28.6 Å². The molecule has 1 N–H and O–H groups in total. The summed E-state index contributed by atoms with van der Waals surface area (Å²) in [4.78, 5) is 21.9. The van der Waals surface area contributed by atoms with Gasteiger partial charge in [0.25, 0.3) is 0 Å². The van der Waals surface area contributed by atoms with Crippen LogP contribution in [0.25, 0.3) is 10.2 Å². The lowest BCUT2D eigenvalue weighted by atomic mass is 10.2. The quantitative estimate of drug-likeness (QED) is 0.440. The van der Waals surface area contributed by atoms with Crippen LogP contribution in [0.3, 0.4) is 0 Å². The lowest BCUT2D eigenvalue weighted by molar-refractivity contribution is -0.113. The number of nitrogens with one attached hydrogen (secondary N) is 1. The molecule has 1 saturated heterocycles. The summed E-state index contributed by atoms with van der Waals surface area (Å²) in [5.74, 6) is 0.0283. The number of benzene rings is 1. The van der Waals surface area contributed by atoms with Crippen molar-refractivity contribution in [1.29, 1.82) is 0 Å². The molecular formula is C20H22N4O3S3. The molecule has 1 fully saturated rings. The first-order chi connectivity index (χ1) is 14.5. The maximum atomic E-state index is 12.8. The average molecular weight is 463 g/mol. The van der Waals surface area contributed by atoms with Crippen LogP contribution in [0.1, 0.15) is 25.7 Å². The van der Waals surface area contributed by atoms with Gasteiger partial charge < -0.3 is 5.32 Å². The highest BCUT2D eigenvalue weighted by molar-refractivity contribution is 8.00. The van der Waals surface area contributed by atoms with E-state index >= 15 is 0 Å². The van der Waals surface area contributed by atoms with Crippen molar-refractivity contribution in [3.8, 4) is 0 Å². The van der Waals surface area contributed by atoms with Gasteiger partial charge in [0.05, 0.1) is 10.6 Å². The molecular weight excluding hydrogens is 440 g/mol. The van der Waals surface area contributed by atoms with E-state index in [-0.39, 0.29) is 16.6 Å². The van der Waals surface area contributed by atoms with E-state index in [0.717, 1.165) is 40.9 Å². The smallest absolute Gasteiger partial charge is 0.243 e. The molecule has 1 aliphatic rings. The maximum absolute atomic E-state index is 12.8. The minimum Gasteiger partial charge on any atom is -0.325 e. The molecule has 0 bridgehead atoms. The van der Waals surface area contributed by atoms with Crippen molar-refractivity contribution in [3.63, 3.8) is 0 Å². The van der Waals surface area contributed by atoms with Gasteiger partial charge in [-0.15, -0.1) is 11.3 Å². The Morgan fingerprint density at radius 3 is 2.53 bits per heavy atom. The third kappa shape index (κ3) is 4.83. The molecule has 158 valence electrons. The summed E-state index contributed by atoms with van der Waals surface area (Å²) < 4.78 is 27.3. The Bertz CT molecular complexity index is 1120. The molecule has 1 aliphatic heterocycles. The van der Waals surface area contributed by atoms with E-state index in [1.165, 1.54) is 29.4 Å². The second kappa shape index (κ2) is 9.42. The number of nitrogens with zero attached hydrogens (tertiary/aromatic N) is 3. The number of rotatable bonds is 6. The minimum atomic E-state index is -3.49. The zero-order chi connectivity index (χ0) is 21.0. The van der Waals surface area contributed by atoms with Gasteiger partial charge in [0, 0.05) is 24.2 Å². The number of thiophene rings is 1. The normalized spacial score (nSPS) is 15.7. The molecule has 0 saturated carbocycles. The van der Waals surface area contributed by atoms with Crippen LogP contribution in [0, 0.1) is 0 Å². The fourth-order valence-corrected chi connectivity index (χ4v) is 6.45. The summed E-state index contributed by atoms with van der Waals surface area (Å²) in [6, 6.07) is 8.33. The van der Waals surface area contributed by atoms with Crippen molar-refractivity contribution in [2.75, 3.05) is 24.2 Å². The number of amides is 1. The first kappa shape index (κ1) is 21.2. The van der Waals surface area contributed by atoms with Gasteiger partial charge in [-0.25, -0.2) is 18.4 Å². The number of sulfonamides is 1. The molecule has 0 unspecified atom stereocenters. The summed E-state index contributed by atoms with van der Waals surface area (Å²) >= 11 is 2.89. The van der Waals surface area contributed by atoms with Gasteiger partial charge in [-0.2, -0.15) is 4.31 Å². The second-order valence-corrected chi connectivity index (χ2v) is 10.8. The molecule has 0 spiro atoms. The van der Waals surface area contributed by atoms with Crippen LogP contribution in [0.4, 0.5) is 5.69 Å². The lowest BCUT2D eigenvalue weighted by Gasteiger charge is -2.20. The molecule has 2 aromatic heterocycles. The average Bonchev–Trinajstić information content (AvgIpc) is 3.06. The number of thioether (sulfide) groups is 1. The third-order valence-electron chi connectivity index (χ3n) is 4.91. The number of carbonyl (C=O) groups is 1. The standard InChI is InChI=1S/C20H22N4O3S3/c25-18(13-29-20-17-9-12-28-19(17)21-14-22-20)23-15-5-7-16(8-6-15)30(26,27)24-10-3-1-2-4-11-24/h5-9,12,14H,1-4,10-11,13H2,(H,23,25). The Hall–Kier alpha value is -2.01. The van der Waals surface area contributed by atoms with E-state index < -0.39 is 10.0 Å². The zero-order valence-electron chi connectivity index (χ0n) is 16.3. The molecule has 0 atom stereocenters. The third-order valence-corrected chi connectivity index (χ3v) is 8.64. The van der Waals surface area contributed by atoms with Crippen LogP contribution in [0.15, 0.2) is 52.0 Å². The SMILES string of the molecule is O=C(CSc1ncnc2sccc12)Nc1ccc(S(=O)(=O)N2CCCCCC2)cc1. The summed E-state index contributed by atoms with van der Waals surface area (Å²) in [5, 5.41) is 6.48. The summed E-state index contributed by atoms with van der Waals surface area (Å²) in [7, 11) is -3.49. The largest absolute Gasteiger partial charge is 0.325 e. The van der Waals surface area contributed by atoms with Gasteiger partial charge in [-0.1, -0.05) is 24.6 Å². The number of fused-ring (bicyclic) bond motifs is 1. The number of anilines is 1. The van der Waals surface area contributed by atoms with E-state index in [0.29, 0.717) is 18.8 Å². The van der Waals surface area contributed by atoms with Gasteiger partial charge in [-0.3, -0.25) is 4.79 Å². The number of hydrogen-bond donors (Lipinski definition) is 1. The van der Waals surface area contributed by atoms with Gasteiger partial charge in [0.15, 0.2) is 0 Å². The predicted octanol–water partition coefficient (Wildman–Crippen LogP) is 3.99. The molecule has 1 amide bonds. The number of aromatic nitrogens is 2. The zero-order valence-corrected chi connectivity index (χ0v) is 18.7. The Kier molecular flexibility index (Phi) is 6.67. The van der Waals surface area contributed by atoms with Crippen LogP contribution in [-0.2, 0) is 14.8 Å². The van der Waals surface area contributed by atoms with E-state index in [1.807, 2.05) is 11.4 Å². The van der Waals surface area contributed by atoms with Crippen LogP contribution < -0.4 is 5.32 Å². The maximum Gasteiger partial charge on any atom is 0.243 e. The van der Waals surface area contributed by atoms with Gasteiger partial charge in [-0.05, 0) is 48.6 Å². The lowest BCUT2D eigenvalue weighted by Crippen LogP contribution is -2.31. The van der Waals surface area contributed by atoms with Crippen LogP contribution in [0.5, 0.6) is 0 Å². The monoisotopic (exact) mass is 462 g/mol. The molecule has 0 aliphatic carbocycles. The topological polar surface area (TPSA) is 92.3 Å². The molecule has 1 aromatic carbocycles. The Balaban J connectivity index is 1.37. The van der Waals surface area contributed by atoms with Crippen molar-refractivity contribution in [2.24, 2.45) is 0 Å². The van der Waals surface area contributed by atoms with Crippen LogP contribution in [-0.4, -0.2) is 47.4 Å². The first-order valence-corrected chi connectivity index (χ1v) is 13.1. The summed E-state index contributed by atoms with van der Waals surface area (Å²) in [6.07, 6.45) is 5.44. The second-order valence-electron chi connectivity index (χ2n) is 7.00. The van der Waals surface area contributed by atoms with Gasteiger partial charge >= 0.3 is 0 Å². The van der Waals surface area contributed by atoms with Crippen LogP contribution in [0.2, 0.25) is 0 Å². The molecule has 4 rings (SSSR count). The highest BCUT2D eigenvalue weighted by Gasteiger charge is 2.25. The van der Waals surface area contributed by atoms with Crippen molar-refractivity contribution in [2.45, 2.75) is 35.6 Å².